The van der Waals surface area contributed by atoms with Gasteiger partial charge in [0.15, 0.2) is 0 Å². The molecule has 1 atom stereocenters. The van der Waals surface area contributed by atoms with Gasteiger partial charge in [0.2, 0.25) is 0 Å². The summed E-state index contributed by atoms with van der Waals surface area (Å²) >= 11 is 0. The van der Waals surface area contributed by atoms with Crippen LogP contribution in [0.1, 0.15) is 61.6 Å². The lowest BCUT2D eigenvalue weighted by Gasteiger charge is -2.18. The third kappa shape index (κ3) is 13.2. The van der Waals surface area contributed by atoms with Crippen molar-refractivity contribution < 1.29 is 28.6 Å². The summed E-state index contributed by atoms with van der Waals surface area (Å²) in [5.74, 6) is -0.976. The van der Waals surface area contributed by atoms with Gasteiger partial charge in [0, 0.05) is 25.7 Å². The van der Waals surface area contributed by atoms with Gasteiger partial charge in [-0.2, -0.15) is 0 Å². The van der Waals surface area contributed by atoms with Gasteiger partial charge in [-0.3, -0.25) is 14.4 Å². The number of carbonyl (C=O) groups excluding carboxylic acids is 3. The summed E-state index contributed by atoms with van der Waals surface area (Å²) in [6.07, 6.45) is 4.86. The second kappa shape index (κ2) is 18.4. The summed E-state index contributed by atoms with van der Waals surface area (Å²) < 4.78 is 16.4. The first kappa shape index (κ1) is 30.6. The van der Waals surface area contributed by atoms with Gasteiger partial charge in [-0.05, 0) is 55.2 Å². The van der Waals surface area contributed by atoms with Crippen LogP contribution < -0.4 is 0 Å². The molecule has 40 heavy (non-hydrogen) atoms. The number of ether oxygens (including phenoxy) is 3. The van der Waals surface area contributed by atoms with E-state index in [0.29, 0.717) is 25.7 Å². The SMILES string of the molecule is O=C(CCCc1ccccc1)OCC[C@@H](COC(=O)CCCc1ccccc1)OC(=O)CCCc1ccccc1. The van der Waals surface area contributed by atoms with E-state index in [4.69, 9.17) is 14.2 Å². The number of hydrogen-bond acceptors (Lipinski definition) is 6. The summed E-state index contributed by atoms with van der Waals surface area (Å²) in [6.45, 7) is 0.0395. The van der Waals surface area contributed by atoms with E-state index >= 15 is 0 Å². The maximum Gasteiger partial charge on any atom is 0.306 e. The first-order chi connectivity index (χ1) is 19.6. The molecule has 0 amide bonds. The number of esters is 3. The minimum absolute atomic E-state index is 0.0554. The van der Waals surface area contributed by atoms with Crippen molar-refractivity contribution in [3.63, 3.8) is 0 Å². The van der Waals surface area contributed by atoms with E-state index in [1.807, 2.05) is 91.0 Å². The van der Waals surface area contributed by atoms with Crippen LogP contribution in [0.3, 0.4) is 0 Å². The quantitative estimate of drug-likeness (QED) is 0.135. The Morgan fingerprint density at radius 3 is 1.38 bits per heavy atom. The summed E-state index contributed by atoms with van der Waals surface area (Å²) in [5.41, 5.74) is 3.51. The highest BCUT2D eigenvalue weighted by Crippen LogP contribution is 2.11. The number of rotatable bonds is 18. The van der Waals surface area contributed by atoms with Gasteiger partial charge in [0.1, 0.15) is 12.7 Å². The van der Waals surface area contributed by atoms with Crippen molar-refractivity contribution in [2.24, 2.45) is 0 Å². The molecule has 0 aromatic heterocycles. The molecule has 0 spiro atoms. The van der Waals surface area contributed by atoms with E-state index in [1.165, 1.54) is 11.1 Å². The molecule has 0 radical (unpaired) electrons. The molecule has 0 heterocycles. The molecule has 6 heteroatoms. The molecule has 6 nitrogen and oxygen atoms in total. The van der Waals surface area contributed by atoms with E-state index in [9.17, 15) is 14.4 Å². The predicted octanol–water partition coefficient (Wildman–Crippen LogP) is 6.44. The van der Waals surface area contributed by atoms with Crippen molar-refractivity contribution >= 4 is 17.9 Å². The summed E-state index contributed by atoms with van der Waals surface area (Å²) in [7, 11) is 0. The van der Waals surface area contributed by atoms with E-state index in [2.05, 4.69) is 0 Å². The van der Waals surface area contributed by atoms with Crippen molar-refractivity contribution in [1.82, 2.24) is 0 Å². The summed E-state index contributed by atoms with van der Waals surface area (Å²) in [4.78, 5) is 37.0. The zero-order valence-corrected chi connectivity index (χ0v) is 23.2. The fourth-order valence-corrected chi connectivity index (χ4v) is 4.30. The van der Waals surface area contributed by atoms with E-state index in [1.54, 1.807) is 0 Å². The Kier molecular flexibility index (Phi) is 14.1. The first-order valence-corrected chi connectivity index (χ1v) is 14.2. The monoisotopic (exact) mass is 544 g/mol. The summed E-state index contributed by atoms with van der Waals surface area (Å²) in [5, 5.41) is 0. The number of aryl methyl sites for hydroxylation is 3. The Hall–Kier alpha value is -3.93. The van der Waals surface area contributed by atoms with Crippen molar-refractivity contribution in [2.45, 2.75) is 70.3 Å². The normalized spacial score (nSPS) is 11.4. The maximum absolute atomic E-state index is 12.5. The highest BCUT2D eigenvalue weighted by Gasteiger charge is 2.18. The molecule has 0 bridgehead atoms. The van der Waals surface area contributed by atoms with Crippen molar-refractivity contribution in [2.75, 3.05) is 13.2 Å². The van der Waals surface area contributed by atoms with E-state index in [-0.39, 0.29) is 50.4 Å². The van der Waals surface area contributed by atoms with Gasteiger partial charge in [-0.1, -0.05) is 91.0 Å². The van der Waals surface area contributed by atoms with Crippen LogP contribution in [0.25, 0.3) is 0 Å². The van der Waals surface area contributed by atoms with Gasteiger partial charge in [-0.25, -0.2) is 0 Å². The molecule has 0 unspecified atom stereocenters. The predicted molar refractivity (Wildman–Crippen MR) is 155 cm³/mol. The van der Waals surface area contributed by atoms with Crippen LogP contribution in [0.2, 0.25) is 0 Å². The molecule has 3 aromatic rings. The fraction of sp³-hybridized carbons (Fsp3) is 0.382. The molecule has 0 aliphatic carbocycles. The van der Waals surface area contributed by atoms with Crippen LogP contribution in [-0.2, 0) is 47.9 Å². The second-order valence-electron chi connectivity index (χ2n) is 9.82. The third-order valence-electron chi connectivity index (χ3n) is 6.50. The topological polar surface area (TPSA) is 78.9 Å². The molecular weight excluding hydrogens is 504 g/mol. The Morgan fingerprint density at radius 1 is 0.525 bits per heavy atom. The van der Waals surface area contributed by atoms with Gasteiger partial charge in [0.05, 0.1) is 6.61 Å². The Bertz CT molecular complexity index is 1130. The van der Waals surface area contributed by atoms with Crippen LogP contribution in [0.4, 0.5) is 0 Å². The van der Waals surface area contributed by atoms with Gasteiger partial charge < -0.3 is 14.2 Å². The highest BCUT2D eigenvalue weighted by atomic mass is 16.6. The fourth-order valence-electron chi connectivity index (χ4n) is 4.30. The van der Waals surface area contributed by atoms with Crippen molar-refractivity contribution in [3.8, 4) is 0 Å². The third-order valence-corrected chi connectivity index (χ3v) is 6.50. The smallest absolute Gasteiger partial charge is 0.306 e. The molecule has 0 saturated heterocycles. The zero-order chi connectivity index (χ0) is 28.3. The average molecular weight is 545 g/mol. The molecule has 0 aliphatic heterocycles. The lowest BCUT2D eigenvalue weighted by molar-refractivity contribution is -0.161. The molecule has 0 fully saturated rings. The van der Waals surface area contributed by atoms with E-state index < -0.39 is 6.10 Å². The Balaban J connectivity index is 1.39. The molecular formula is C34H40O6. The first-order valence-electron chi connectivity index (χ1n) is 14.2. The van der Waals surface area contributed by atoms with Crippen LogP contribution in [0, 0.1) is 0 Å². The largest absolute Gasteiger partial charge is 0.466 e. The summed E-state index contributed by atoms with van der Waals surface area (Å²) in [6, 6.07) is 29.9. The molecule has 0 N–H and O–H groups in total. The zero-order valence-electron chi connectivity index (χ0n) is 23.2. The van der Waals surface area contributed by atoms with Crippen molar-refractivity contribution in [3.05, 3.63) is 108 Å². The van der Waals surface area contributed by atoms with Gasteiger partial charge >= 0.3 is 17.9 Å². The second-order valence-corrected chi connectivity index (χ2v) is 9.82. The minimum atomic E-state index is -0.667. The number of hydrogen-bond donors (Lipinski definition) is 0. The molecule has 0 aliphatic rings. The highest BCUT2D eigenvalue weighted by molar-refractivity contribution is 5.70. The average Bonchev–Trinajstić information content (AvgIpc) is 2.97. The van der Waals surface area contributed by atoms with Gasteiger partial charge in [0.25, 0.3) is 0 Å². The number of benzene rings is 3. The Morgan fingerprint density at radius 2 is 0.925 bits per heavy atom. The van der Waals surface area contributed by atoms with E-state index in [0.717, 1.165) is 24.8 Å². The van der Waals surface area contributed by atoms with Crippen LogP contribution in [-0.4, -0.2) is 37.2 Å². The van der Waals surface area contributed by atoms with Gasteiger partial charge in [-0.15, -0.1) is 0 Å². The molecule has 3 aromatic carbocycles. The molecule has 212 valence electrons. The maximum atomic E-state index is 12.5. The van der Waals surface area contributed by atoms with Crippen LogP contribution in [0.15, 0.2) is 91.0 Å². The van der Waals surface area contributed by atoms with Crippen LogP contribution >= 0.6 is 0 Å². The van der Waals surface area contributed by atoms with Crippen molar-refractivity contribution in [1.29, 1.82) is 0 Å². The number of carbonyl (C=O) groups is 3. The lowest BCUT2D eigenvalue weighted by atomic mass is 10.1. The lowest BCUT2D eigenvalue weighted by Crippen LogP contribution is -2.27. The standard InChI is InChI=1S/C34H40O6/c35-32(22-10-19-28-13-4-1-5-14-28)38-26-25-31(40-34(37)24-12-21-30-17-8-3-9-18-30)27-39-33(36)23-11-20-29-15-6-2-7-16-29/h1-9,13-18,31H,10-12,19-27H2/t31-/m0/s1. The van der Waals surface area contributed by atoms with Crippen LogP contribution in [0.5, 0.6) is 0 Å². The minimum Gasteiger partial charge on any atom is -0.466 e. The molecule has 3 rings (SSSR count). The molecule has 0 saturated carbocycles. The Labute approximate surface area is 237 Å².